The molecule has 2 N–H and O–H groups in total. The van der Waals surface area contributed by atoms with E-state index in [0.717, 1.165) is 17.8 Å². The highest BCUT2D eigenvalue weighted by molar-refractivity contribution is 7.16. The minimum absolute atomic E-state index is 0.0728. The third kappa shape index (κ3) is 6.32. The van der Waals surface area contributed by atoms with Crippen LogP contribution in [-0.2, 0) is 4.74 Å². The predicted molar refractivity (Wildman–Crippen MR) is 140 cm³/mol. The molecular weight excluding hydrogens is 464 g/mol. The molecule has 0 radical (unpaired) electrons. The Morgan fingerprint density at radius 2 is 1.74 bits per heavy atom. The van der Waals surface area contributed by atoms with Crippen molar-refractivity contribution in [3.8, 4) is 0 Å². The number of rotatable bonds is 10. The topological polar surface area (TPSA) is 104 Å². The number of nitrogens with one attached hydrogen (secondary N) is 1. The van der Waals surface area contributed by atoms with Crippen LogP contribution in [0.5, 0.6) is 0 Å². The Hall–Kier alpha value is -3.56. The molecule has 0 aliphatic heterocycles. The molecule has 3 rings (SSSR count). The molecule has 0 saturated carbocycles. The van der Waals surface area contributed by atoms with E-state index in [1.807, 2.05) is 67.3 Å². The molecule has 9 heteroatoms. The van der Waals surface area contributed by atoms with Crippen molar-refractivity contribution < 1.29 is 19.4 Å². The van der Waals surface area contributed by atoms with E-state index in [9.17, 15) is 14.7 Å². The van der Waals surface area contributed by atoms with E-state index in [-0.39, 0.29) is 24.3 Å². The number of carbonyl (C=O) groups excluding carboxylic acids is 2. The number of aliphatic hydroxyl groups is 1. The van der Waals surface area contributed by atoms with Crippen molar-refractivity contribution in [2.24, 2.45) is 10.2 Å². The van der Waals surface area contributed by atoms with Crippen LogP contribution in [0, 0.1) is 13.8 Å². The zero-order valence-electron chi connectivity index (χ0n) is 20.4. The van der Waals surface area contributed by atoms with E-state index in [1.54, 1.807) is 13.8 Å². The van der Waals surface area contributed by atoms with Gasteiger partial charge in [-0.05, 0) is 63.6 Å². The molecule has 1 heterocycles. The summed E-state index contributed by atoms with van der Waals surface area (Å²) in [6, 6.07) is 14.9. The molecule has 0 unspecified atom stereocenters. The number of amides is 1. The lowest BCUT2D eigenvalue weighted by Crippen LogP contribution is -2.25. The Balaban J connectivity index is 1.92. The summed E-state index contributed by atoms with van der Waals surface area (Å²) in [4.78, 5) is 28.7. The molecule has 1 amide bonds. The lowest BCUT2D eigenvalue weighted by Gasteiger charge is -2.21. The van der Waals surface area contributed by atoms with Crippen LogP contribution in [0.25, 0.3) is 0 Å². The summed E-state index contributed by atoms with van der Waals surface area (Å²) in [5.41, 5.74) is 3.50. The van der Waals surface area contributed by atoms with Gasteiger partial charge < -0.3 is 20.1 Å². The molecule has 0 bridgehead atoms. The van der Waals surface area contributed by atoms with E-state index < -0.39 is 11.9 Å². The number of nitrogens with zero attached hydrogens (tertiary/aromatic N) is 3. The quantitative estimate of drug-likeness (QED) is 0.265. The first-order valence-corrected chi connectivity index (χ1v) is 12.3. The first kappa shape index (κ1) is 26.1. The van der Waals surface area contributed by atoms with Crippen LogP contribution in [0.3, 0.4) is 0 Å². The number of esters is 1. The molecular formula is C26H30N4O4S. The number of azo groups is 1. The molecule has 35 heavy (non-hydrogen) atoms. The smallest absolute Gasteiger partial charge is 0.342 e. The Kier molecular flexibility index (Phi) is 9.11. The lowest BCUT2D eigenvalue weighted by molar-refractivity contribution is 0.0525. The summed E-state index contributed by atoms with van der Waals surface area (Å²) < 4.78 is 5.24. The largest absolute Gasteiger partial charge is 0.462 e. The van der Waals surface area contributed by atoms with Gasteiger partial charge in [-0.25, -0.2) is 4.79 Å². The molecule has 3 aromatic rings. The highest BCUT2D eigenvalue weighted by Gasteiger charge is 2.28. The molecule has 184 valence electrons. The highest BCUT2D eigenvalue weighted by atomic mass is 32.1. The molecule has 0 fully saturated rings. The zero-order valence-corrected chi connectivity index (χ0v) is 21.2. The SMILES string of the molecule is CCOC(=O)c1c(N=Nc2ccc(N(CC)CCO)cc2)sc(C)c1C(=O)Nc1ccccc1C. The van der Waals surface area contributed by atoms with Gasteiger partial charge in [0.15, 0.2) is 5.00 Å². The number of likely N-dealkylation sites (N-methyl/N-ethyl adjacent to an activating group) is 1. The fraction of sp³-hybridized carbons (Fsp3) is 0.308. The number of thiophene rings is 1. The standard InChI is InChI=1S/C26H30N4O4S/c1-5-30(15-16-31)20-13-11-19(12-14-20)28-29-25-23(26(33)34-6-2)22(18(4)35-25)24(32)27-21-10-8-7-9-17(21)3/h7-14,31H,5-6,15-16H2,1-4H3,(H,27,32). The van der Waals surface area contributed by atoms with E-state index >= 15 is 0 Å². The molecule has 2 aromatic carbocycles. The average Bonchev–Trinajstić information content (AvgIpc) is 3.19. The molecule has 0 atom stereocenters. The van der Waals surface area contributed by atoms with Crippen LogP contribution in [0.4, 0.5) is 22.1 Å². The van der Waals surface area contributed by atoms with Crippen LogP contribution in [0.15, 0.2) is 58.8 Å². The number of aryl methyl sites for hydroxylation is 2. The fourth-order valence-electron chi connectivity index (χ4n) is 3.59. The molecule has 8 nitrogen and oxygen atoms in total. The van der Waals surface area contributed by atoms with Crippen LogP contribution in [0.2, 0.25) is 0 Å². The number of aliphatic hydroxyl groups excluding tert-OH is 1. The van der Waals surface area contributed by atoms with Gasteiger partial charge in [-0.15, -0.1) is 21.6 Å². The summed E-state index contributed by atoms with van der Waals surface area (Å²) in [6.07, 6.45) is 0. The second-order valence-electron chi connectivity index (χ2n) is 7.72. The second kappa shape index (κ2) is 12.2. The molecule has 0 spiro atoms. The van der Waals surface area contributed by atoms with E-state index in [0.29, 0.717) is 27.8 Å². The maximum absolute atomic E-state index is 13.2. The molecule has 0 saturated heterocycles. The van der Waals surface area contributed by atoms with Crippen LogP contribution in [0.1, 0.15) is 45.0 Å². The Morgan fingerprint density at radius 3 is 2.37 bits per heavy atom. The van der Waals surface area contributed by atoms with Crippen molar-refractivity contribution in [2.75, 3.05) is 36.5 Å². The van der Waals surface area contributed by atoms with E-state index in [1.165, 1.54) is 11.3 Å². The van der Waals surface area contributed by atoms with Gasteiger partial charge in [0.05, 0.1) is 24.5 Å². The van der Waals surface area contributed by atoms with Crippen LogP contribution in [-0.4, -0.2) is 43.3 Å². The van der Waals surface area contributed by atoms with Crippen molar-refractivity contribution in [3.63, 3.8) is 0 Å². The minimum atomic E-state index is -0.612. The number of carbonyl (C=O) groups is 2. The Morgan fingerprint density at radius 1 is 1.03 bits per heavy atom. The van der Waals surface area contributed by atoms with E-state index in [2.05, 4.69) is 15.5 Å². The molecule has 1 aromatic heterocycles. The van der Waals surface area contributed by atoms with Crippen molar-refractivity contribution in [2.45, 2.75) is 27.7 Å². The molecule has 0 aliphatic rings. The summed E-state index contributed by atoms with van der Waals surface area (Å²) in [5, 5.41) is 21.0. The third-order valence-electron chi connectivity index (χ3n) is 5.39. The normalized spacial score (nSPS) is 11.0. The van der Waals surface area contributed by atoms with Crippen LogP contribution >= 0.6 is 11.3 Å². The van der Waals surface area contributed by atoms with Gasteiger partial charge in [-0.1, -0.05) is 18.2 Å². The highest BCUT2D eigenvalue weighted by Crippen LogP contribution is 2.37. The van der Waals surface area contributed by atoms with Gasteiger partial charge in [0.1, 0.15) is 5.56 Å². The van der Waals surface area contributed by atoms with Gasteiger partial charge in [-0.2, -0.15) is 0 Å². The van der Waals surface area contributed by atoms with Crippen LogP contribution < -0.4 is 10.2 Å². The van der Waals surface area contributed by atoms with E-state index in [4.69, 9.17) is 4.74 Å². The lowest BCUT2D eigenvalue weighted by atomic mass is 10.1. The Labute approximate surface area is 209 Å². The predicted octanol–water partition coefficient (Wildman–Crippen LogP) is 6.03. The van der Waals surface area contributed by atoms with Crippen molar-refractivity contribution >= 4 is 45.3 Å². The number of anilines is 2. The number of ether oxygens (including phenoxy) is 1. The molecule has 0 aliphatic carbocycles. The summed E-state index contributed by atoms with van der Waals surface area (Å²) >= 11 is 1.22. The number of benzene rings is 2. The van der Waals surface area contributed by atoms with Gasteiger partial charge in [-0.3, -0.25) is 4.79 Å². The van der Waals surface area contributed by atoms with Crippen molar-refractivity contribution in [1.29, 1.82) is 0 Å². The first-order valence-electron chi connectivity index (χ1n) is 11.4. The fourth-order valence-corrected chi connectivity index (χ4v) is 4.54. The average molecular weight is 495 g/mol. The number of hydrogen-bond donors (Lipinski definition) is 2. The number of hydrogen-bond acceptors (Lipinski definition) is 8. The van der Waals surface area contributed by atoms with Gasteiger partial charge in [0.25, 0.3) is 5.91 Å². The van der Waals surface area contributed by atoms with Gasteiger partial charge >= 0.3 is 5.97 Å². The summed E-state index contributed by atoms with van der Waals surface area (Å²) in [5.74, 6) is -1.01. The minimum Gasteiger partial charge on any atom is -0.462 e. The zero-order chi connectivity index (χ0) is 25.4. The number of para-hydroxylation sites is 1. The van der Waals surface area contributed by atoms with Gasteiger partial charge in [0, 0.05) is 29.3 Å². The monoisotopic (exact) mass is 494 g/mol. The maximum atomic E-state index is 13.2. The van der Waals surface area contributed by atoms with Crippen molar-refractivity contribution in [3.05, 3.63) is 70.1 Å². The summed E-state index contributed by atoms with van der Waals surface area (Å²) in [6.45, 7) is 8.96. The van der Waals surface area contributed by atoms with Crippen molar-refractivity contribution in [1.82, 2.24) is 0 Å². The van der Waals surface area contributed by atoms with Gasteiger partial charge in [0.2, 0.25) is 0 Å². The Bertz CT molecular complexity index is 1200. The summed E-state index contributed by atoms with van der Waals surface area (Å²) in [7, 11) is 0. The first-order chi connectivity index (χ1) is 16.9. The third-order valence-corrected chi connectivity index (χ3v) is 6.38. The second-order valence-corrected chi connectivity index (χ2v) is 8.93. The maximum Gasteiger partial charge on any atom is 0.342 e.